The fraction of sp³-hybridized carbons (Fsp3) is 0.300. The van der Waals surface area contributed by atoms with Gasteiger partial charge in [-0.3, -0.25) is 9.69 Å². The van der Waals surface area contributed by atoms with Gasteiger partial charge in [-0.25, -0.2) is 4.79 Å². The minimum atomic E-state index is -0.648. The van der Waals surface area contributed by atoms with E-state index in [0.29, 0.717) is 6.54 Å². The number of nitrogens with one attached hydrogen (secondary N) is 1. The minimum absolute atomic E-state index is 0.0258. The number of anilines is 1. The molecule has 1 atom stereocenters. The van der Waals surface area contributed by atoms with Crippen LogP contribution in [-0.4, -0.2) is 41.6 Å². The molecule has 2 N–H and O–H groups in total. The van der Waals surface area contributed by atoms with Crippen LogP contribution in [0.1, 0.15) is 28.8 Å². The molecule has 1 fully saturated rings. The zero-order valence-electron chi connectivity index (χ0n) is 14.6. The van der Waals surface area contributed by atoms with Gasteiger partial charge in [-0.15, -0.1) is 0 Å². The first-order valence-corrected chi connectivity index (χ1v) is 8.59. The number of amides is 1. The van der Waals surface area contributed by atoms with E-state index < -0.39 is 5.97 Å². The molecule has 1 saturated heterocycles. The van der Waals surface area contributed by atoms with Crippen molar-refractivity contribution in [2.45, 2.75) is 25.4 Å². The van der Waals surface area contributed by atoms with Crippen molar-refractivity contribution in [2.24, 2.45) is 0 Å². The van der Waals surface area contributed by atoms with Crippen LogP contribution in [0.5, 0.6) is 5.75 Å². The molecule has 2 aromatic carbocycles. The second-order valence-corrected chi connectivity index (χ2v) is 6.30. The van der Waals surface area contributed by atoms with Crippen LogP contribution in [0.3, 0.4) is 0 Å². The first-order chi connectivity index (χ1) is 12.6. The first kappa shape index (κ1) is 17.9. The van der Waals surface area contributed by atoms with Crippen LogP contribution in [0.25, 0.3) is 0 Å². The number of likely N-dealkylation sites (tertiary alicyclic amines) is 1. The lowest BCUT2D eigenvalue weighted by Gasteiger charge is -2.24. The predicted octanol–water partition coefficient (Wildman–Crippen LogP) is 2.78. The van der Waals surface area contributed by atoms with E-state index in [0.717, 1.165) is 24.9 Å². The predicted molar refractivity (Wildman–Crippen MR) is 98.0 cm³/mol. The topological polar surface area (TPSA) is 78.9 Å². The quantitative estimate of drug-likeness (QED) is 0.638. The summed E-state index contributed by atoms with van der Waals surface area (Å²) in [4.78, 5) is 26.5. The van der Waals surface area contributed by atoms with Crippen LogP contribution in [0.15, 0.2) is 48.5 Å². The van der Waals surface area contributed by atoms with Crippen LogP contribution < -0.4 is 5.32 Å². The molecular weight excluding hydrogens is 332 g/mol. The van der Waals surface area contributed by atoms with Crippen molar-refractivity contribution in [3.8, 4) is 5.75 Å². The number of methoxy groups -OCH3 is 1. The Labute approximate surface area is 152 Å². The highest BCUT2D eigenvalue weighted by Crippen LogP contribution is 2.29. The number of para-hydroxylation sites is 1. The number of carbonyl (C=O) groups is 2. The second kappa shape index (κ2) is 8.01. The summed E-state index contributed by atoms with van der Waals surface area (Å²) in [7, 11) is 1.24. The SMILES string of the molecule is COC(=O)c1cccc(NC(=O)C2CCCN2Cc2ccccc2)c1O. The van der Waals surface area contributed by atoms with Crippen LogP contribution in [-0.2, 0) is 16.1 Å². The van der Waals surface area contributed by atoms with Crippen LogP contribution in [0.2, 0.25) is 0 Å². The van der Waals surface area contributed by atoms with Gasteiger partial charge in [-0.05, 0) is 37.1 Å². The fourth-order valence-corrected chi connectivity index (χ4v) is 3.27. The van der Waals surface area contributed by atoms with Crippen molar-refractivity contribution in [1.82, 2.24) is 4.90 Å². The summed E-state index contributed by atoms with van der Waals surface area (Å²) in [6.07, 6.45) is 1.70. The van der Waals surface area contributed by atoms with Crippen LogP contribution in [0.4, 0.5) is 5.69 Å². The maximum absolute atomic E-state index is 12.7. The van der Waals surface area contributed by atoms with E-state index in [9.17, 15) is 14.7 Å². The molecule has 1 amide bonds. The fourth-order valence-electron chi connectivity index (χ4n) is 3.27. The molecule has 0 aromatic heterocycles. The maximum atomic E-state index is 12.7. The van der Waals surface area contributed by atoms with Crippen molar-refractivity contribution in [2.75, 3.05) is 19.0 Å². The molecule has 3 rings (SSSR count). The molecule has 1 aliphatic rings. The van der Waals surface area contributed by atoms with Crippen molar-refractivity contribution in [3.63, 3.8) is 0 Å². The third-order valence-corrected chi connectivity index (χ3v) is 4.59. The highest BCUT2D eigenvalue weighted by atomic mass is 16.5. The van der Waals surface area contributed by atoms with Gasteiger partial charge in [-0.2, -0.15) is 0 Å². The van der Waals surface area contributed by atoms with Gasteiger partial charge in [0.2, 0.25) is 5.91 Å². The van der Waals surface area contributed by atoms with Crippen molar-refractivity contribution in [1.29, 1.82) is 0 Å². The molecule has 26 heavy (non-hydrogen) atoms. The number of ether oxygens (including phenoxy) is 1. The first-order valence-electron chi connectivity index (χ1n) is 8.59. The highest BCUT2D eigenvalue weighted by Gasteiger charge is 2.31. The van der Waals surface area contributed by atoms with E-state index in [1.54, 1.807) is 12.1 Å². The highest BCUT2D eigenvalue weighted by molar-refractivity contribution is 6.00. The summed E-state index contributed by atoms with van der Waals surface area (Å²) in [6.45, 7) is 1.55. The molecule has 136 valence electrons. The summed E-state index contributed by atoms with van der Waals surface area (Å²) in [5.74, 6) is -1.11. The van der Waals surface area contributed by atoms with Crippen molar-refractivity contribution in [3.05, 3.63) is 59.7 Å². The Morgan fingerprint density at radius 2 is 1.96 bits per heavy atom. The third-order valence-electron chi connectivity index (χ3n) is 4.59. The molecule has 6 nitrogen and oxygen atoms in total. The molecule has 1 heterocycles. The smallest absolute Gasteiger partial charge is 0.341 e. The van der Waals surface area contributed by atoms with E-state index in [1.165, 1.54) is 13.2 Å². The standard InChI is InChI=1S/C20H22N2O4/c1-26-20(25)15-9-5-10-16(18(15)23)21-19(24)17-11-6-12-22(17)13-14-7-3-2-4-8-14/h2-5,7-10,17,23H,6,11-13H2,1H3,(H,21,24). The number of esters is 1. The van der Waals surface area contributed by atoms with Gasteiger partial charge >= 0.3 is 5.97 Å². The summed E-state index contributed by atoms with van der Waals surface area (Å²) >= 11 is 0. The molecule has 0 bridgehead atoms. The minimum Gasteiger partial charge on any atom is -0.505 e. The molecule has 0 saturated carbocycles. The number of hydrogen-bond donors (Lipinski definition) is 2. The zero-order chi connectivity index (χ0) is 18.5. The summed E-state index contributed by atoms with van der Waals surface area (Å²) in [5.41, 5.74) is 1.39. The lowest BCUT2D eigenvalue weighted by molar-refractivity contribution is -0.120. The number of hydrogen-bond acceptors (Lipinski definition) is 5. The molecule has 2 aromatic rings. The second-order valence-electron chi connectivity index (χ2n) is 6.30. The summed E-state index contributed by atoms with van der Waals surface area (Å²) < 4.78 is 4.64. The summed E-state index contributed by atoms with van der Waals surface area (Å²) in [6, 6.07) is 14.4. The monoisotopic (exact) mass is 354 g/mol. The van der Waals surface area contributed by atoms with Gasteiger partial charge in [-0.1, -0.05) is 36.4 Å². The van der Waals surface area contributed by atoms with Crippen LogP contribution >= 0.6 is 0 Å². The Hall–Kier alpha value is -2.86. The number of carbonyl (C=O) groups excluding carboxylic acids is 2. The lowest BCUT2D eigenvalue weighted by Crippen LogP contribution is -2.39. The third kappa shape index (κ3) is 3.86. The number of aromatic hydroxyl groups is 1. The maximum Gasteiger partial charge on any atom is 0.341 e. The molecule has 6 heteroatoms. The Bertz CT molecular complexity index is 792. The van der Waals surface area contributed by atoms with Crippen LogP contribution in [0, 0.1) is 0 Å². The zero-order valence-corrected chi connectivity index (χ0v) is 14.6. The largest absolute Gasteiger partial charge is 0.505 e. The van der Waals surface area contributed by atoms with Crippen molar-refractivity contribution >= 4 is 17.6 Å². The van der Waals surface area contributed by atoms with Gasteiger partial charge in [0.1, 0.15) is 5.56 Å². The normalized spacial score (nSPS) is 17.0. The average Bonchev–Trinajstić information content (AvgIpc) is 3.12. The number of phenolic OH excluding ortho intramolecular Hbond substituents is 1. The molecular formula is C20H22N2O4. The van der Waals surface area contributed by atoms with E-state index in [1.807, 2.05) is 30.3 Å². The summed E-state index contributed by atoms with van der Waals surface area (Å²) in [5, 5.41) is 13.0. The van der Waals surface area contributed by atoms with E-state index in [2.05, 4.69) is 15.0 Å². The Morgan fingerprint density at radius 3 is 2.69 bits per heavy atom. The molecule has 0 radical (unpaired) electrons. The van der Waals surface area contributed by atoms with Gasteiger partial charge in [0, 0.05) is 6.54 Å². The van der Waals surface area contributed by atoms with Crippen molar-refractivity contribution < 1.29 is 19.4 Å². The van der Waals surface area contributed by atoms with Gasteiger partial charge < -0.3 is 15.2 Å². The number of rotatable bonds is 5. The lowest BCUT2D eigenvalue weighted by atomic mass is 10.1. The number of nitrogens with zero attached hydrogens (tertiary/aromatic N) is 1. The van der Waals surface area contributed by atoms with E-state index in [-0.39, 0.29) is 28.9 Å². The average molecular weight is 354 g/mol. The Kier molecular flexibility index (Phi) is 5.53. The van der Waals surface area contributed by atoms with Gasteiger partial charge in [0.05, 0.1) is 18.8 Å². The molecule has 1 aliphatic heterocycles. The molecule has 1 unspecified atom stereocenters. The molecule has 0 aliphatic carbocycles. The van der Waals surface area contributed by atoms with E-state index in [4.69, 9.17) is 0 Å². The number of benzene rings is 2. The van der Waals surface area contributed by atoms with E-state index >= 15 is 0 Å². The Morgan fingerprint density at radius 1 is 1.19 bits per heavy atom. The number of phenols is 1. The Balaban J connectivity index is 1.72. The van der Waals surface area contributed by atoms with Gasteiger partial charge in [0.25, 0.3) is 0 Å². The molecule has 0 spiro atoms. The van der Waals surface area contributed by atoms with Gasteiger partial charge in [0.15, 0.2) is 5.75 Å².